The van der Waals surface area contributed by atoms with E-state index in [1.807, 2.05) is 5.38 Å². The molecule has 26 heavy (non-hydrogen) atoms. The fourth-order valence-corrected chi connectivity index (χ4v) is 3.27. The van der Waals surface area contributed by atoms with Crippen LogP contribution in [0.5, 0.6) is 0 Å². The second-order valence-corrected chi connectivity index (χ2v) is 6.49. The Morgan fingerprint density at radius 3 is 2.92 bits per heavy atom. The first kappa shape index (κ1) is 16.3. The van der Waals surface area contributed by atoms with E-state index in [0.29, 0.717) is 22.1 Å². The number of nitrogens with one attached hydrogen (secondary N) is 3. The van der Waals surface area contributed by atoms with Gasteiger partial charge in [0, 0.05) is 29.7 Å². The van der Waals surface area contributed by atoms with Gasteiger partial charge in [-0.05, 0) is 24.3 Å². The number of amides is 2. The molecular formula is C16H12ClN7OS. The van der Waals surface area contributed by atoms with E-state index in [4.69, 9.17) is 11.6 Å². The Morgan fingerprint density at radius 1 is 1.27 bits per heavy atom. The summed E-state index contributed by atoms with van der Waals surface area (Å²) in [5, 5.41) is 19.5. The van der Waals surface area contributed by atoms with Gasteiger partial charge >= 0.3 is 6.03 Å². The highest BCUT2D eigenvalue weighted by molar-refractivity contribution is 7.13. The van der Waals surface area contributed by atoms with E-state index in [9.17, 15) is 4.79 Å². The Kier molecular flexibility index (Phi) is 4.38. The molecule has 0 unspecified atom stereocenters. The third kappa shape index (κ3) is 3.30. The van der Waals surface area contributed by atoms with E-state index in [1.165, 1.54) is 17.5 Å². The van der Waals surface area contributed by atoms with Gasteiger partial charge in [0.05, 0.1) is 22.6 Å². The Morgan fingerprint density at radius 2 is 2.19 bits per heavy atom. The first-order valence-corrected chi connectivity index (χ1v) is 8.77. The maximum Gasteiger partial charge on any atom is 0.323 e. The third-order valence-electron chi connectivity index (χ3n) is 3.49. The smallest absolute Gasteiger partial charge is 0.308 e. The number of aromatic nitrogens is 5. The van der Waals surface area contributed by atoms with E-state index < -0.39 is 6.03 Å². The highest BCUT2D eigenvalue weighted by atomic mass is 35.5. The van der Waals surface area contributed by atoms with Gasteiger partial charge in [-0.25, -0.2) is 14.5 Å². The lowest BCUT2D eigenvalue weighted by molar-refractivity contribution is 0.262. The van der Waals surface area contributed by atoms with Gasteiger partial charge in [0.1, 0.15) is 10.7 Å². The quantitative estimate of drug-likeness (QED) is 0.494. The maximum atomic E-state index is 12.3. The normalized spacial score (nSPS) is 10.7. The molecule has 4 aromatic rings. The molecular weight excluding hydrogens is 374 g/mol. The molecule has 0 saturated carbocycles. The van der Waals surface area contributed by atoms with Crippen LogP contribution in [0.3, 0.4) is 0 Å². The lowest BCUT2D eigenvalue weighted by Crippen LogP contribution is -2.19. The van der Waals surface area contributed by atoms with Crippen molar-refractivity contribution < 1.29 is 4.79 Å². The van der Waals surface area contributed by atoms with Gasteiger partial charge < -0.3 is 10.6 Å². The summed E-state index contributed by atoms with van der Waals surface area (Å²) >= 11 is 7.73. The van der Waals surface area contributed by atoms with Crippen LogP contribution in [-0.4, -0.2) is 31.0 Å². The summed E-state index contributed by atoms with van der Waals surface area (Å²) < 4.78 is 1.65. The topological polar surface area (TPSA) is 101 Å². The van der Waals surface area contributed by atoms with Crippen molar-refractivity contribution in [2.45, 2.75) is 0 Å². The fraction of sp³-hybridized carbons (Fsp3) is 0. The van der Waals surface area contributed by atoms with Crippen molar-refractivity contribution in [1.82, 2.24) is 25.0 Å². The number of hydrogen-bond donors (Lipinski definition) is 3. The van der Waals surface area contributed by atoms with Crippen LogP contribution in [0.4, 0.5) is 16.2 Å². The molecule has 130 valence electrons. The lowest BCUT2D eigenvalue weighted by Gasteiger charge is -2.10. The predicted molar refractivity (Wildman–Crippen MR) is 101 cm³/mol. The van der Waals surface area contributed by atoms with Crippen LogP contribution in [-0.2, 0) is 0 Å². The number of rotatable bonds is 4. The SMILES string of the molecule is O=C(Nc1ccc(-n2cccn2)c(Cl)c1)Nc1cn[nH]c1-c1nccs1. The van der Waals surface area contributed by atoms with Crippen molar-refractivity contribution >= 4 is 40.3 Å². The van der Waals surface area contributed by atoms with Crippen molar-refractivity contribution in [2.24, 2.45) is 0 Å². The number of halogens is 1. The molecule has 0 bridgehead atoms. The summed E-state index contributed by atoms with van der Waals surface area (Å²) in [6, 6.07) is 6.59. The number of H-pyrrole nitrogens is 1. The van der Waals surface area contributed by atoms with Crippen LogP contribution < -0.4 is 10.6 Å². The molecule has 0 atom stereocenters. The number of carbonyl (C=O) groups excluding carboxylic acids is 1. The fourth-order valence-electron chi connectivity index (χ4n) is 2.36. The molecule has 10 heteroatoms. The van der Waals surface area contributed by atoms with Gasteiger partial charge in [0.15, 0.2) is 0 Å². The summed E-state index contributed by atoms with van der Waals surface area (Å²) in [7, 11) is 0. The molecule has 0 aliphatic heterocycles. The highest BCUT2D eigenvalue weighted by Gasteiger charge is 2.13. The zero-order valence-corrected chi connectivity index (χ0v) is 14.8. The molecule has 2 amide bonds. The Bertz CT molecular complexity index is 1030. The first-order chi connectivity index (χ1) is 12.7. The average molecular weight is 386 g/mol. The van der Waals surface area contributed by atoms with Crippen molar-refractivity contribution in [3.8, 4) is 16.4 Å². The summed E-state index contributed by atoms with van der Waals surface area (Å²) in [5.74, 6) is 0. The van der Waals surface area contributed by atoms with Crippen molar-refractivity contribution in [2.75, 3.05) is 10.6 Å². The molecule has 1 aromatic carbocycles. The minimum absolute atomic E-state index is 0.410. The molecule has 3 heterocycles. The minimum Gasteiger partial charge on any atom is -0.308 e. The van der Waals surface area contributed by atoms with E-state index in [-0.39, 0.29) is 0 Å². The number of anilines is 2. The molecule has 0 radical (unpaired) electrons. The minimum atomic E-state index is -0.410. The first-order valence-electron chi connectivity index (χ1n) is 7.51. The van der Waals surface area contributed by atoms with E-state index >= 15 is 0 Å². The zero-order chi connectivity index (χ0) is 17.9. The summed E-state index contributed by atoms with van der Waals surface area (Å²) in [6.07, 6.45) is 6.68. The molecule has 3 N–H and O–H groups in total. The molecule has 0 fully saturated rings. The van der Waals surface area contributed by atoms with Gasteiger partial charge in [0.2, 0.25) is 0 Å². The van der Waals surface area contributed by atoms with Gasteiger partial charge in [-0.1, -0.05) is 11.6 Å². The van der Waals surface area contributed by atoms with Gasteiger partial charge in [-0.15, -0.1) is 11.3 Å². The second kappa shape index (κ2) is 6.98. The zero-order valence-electron chi connectivity index (χ0n) is 13.2. The van der Waals surface area contributed by atoms with Crippen LogP contribution in [0.15, 0.2) is 54.4 Å². The molecule has 4 rings (SSSR count). The number of urea groups is 1. The van der Waals surface area contributed by atoms with Crippen LogP contribution in [0.1, 0.15) is 0 Å². The monoisotopic (exact) mass is 385 g/mol. The summed E-state index contributed by atoms with van der Waals surface area (Å²) in [5.41, 5.74) is 2.48. The average Bonchev–Trinajstić information content (AvgIpc) is 3.37. The molecule has 8 nitrogen and oxygen atoms in total. The Hall–Kier alpha value is -3.17. The highest BCUT2D eigenvalue weighted by Crippen LogP contribution is 2.27. The molecule has 0 aliphatic rings. The van der Waals surface area contributed by atoms with Crippen molar-refractivity contribution in [1.29, 1.82) is 0 Å². The number of thiazole rings is 1. The third-order valence-corrected chi connectivity index (χ3v) is 4.58. The number of carbonyl (C=O) groups is 1. The molecule has 3 aromatic heterocycles. The second-order valence-electron chi connectivity index (χ2n) is 5.19. The number of aromatic amines is 1. The standard InChI is InChI=1S/C16H12ClN7OS/c17-11-8-10(2-3-13(11)24-6-1-4-20-24)21-16(25)22-12-9-19-23-14(12)15-18-5-7-26-15/h1-9H,(H,19,23)(H2,21,22,25). The van der Waals surface area contributed by atoms with Gasteiger partial charge in [0.25, 0.3) is 0 Å². The number of benzene rings is 1. The molecule has 0 spiro atoms. The van der Waals surface area contributed by atoms with E-state index in [0.717, 1.165) is 10.7 Å². The summed E-state index contributed by atoms with van der Waals surface area (Å²) in [6.45, 7) is 0. The van der Waals surface area contributed by atoms with Gasteiger partial charge in [-0.3, -0.25) is 5.10 Å². The Balaban J connectivity index is 1.48. The Labute approximate surface area is 156 Å². The van der Waals surface area contributed by atoms with Crippen LogP contribution in [0, 0.1) is 0 Å². The van der Waals surface area contributed by atoms with Crippen molar-refractivity contribution in [3.05, 3.63) is 59.5 Å². The van der Waals surface area contributed by atoms with Crippen LogP contribution in [0.25, 0.3) is 16.4 Å². The van der Waals surface area contributed by atoms with Crippen molar-refractivity contribution in [3.63, 3.8) is 0 Å². The van der Waals surface area contributed by atoms with Gasteiger partial charge in [-0.2, -0.15) is 10.2 Å². The van der Waals surface area contributed by atoms with Crippen LogP contribution >= 0.6 is 22.9 Å². The predicted octanol–water partition coefficient (Wildman–Crippen LogP) is 4.02. The number of nitrogens with zero attached hydrogens (tertiary/aromatic N) is 4. The molecule has 0 saturated heterocycles. The van der Waals surface area contributed by atoms with E-state index in [1.54, 1.807) is 47.5 Å². The van der Waals surface area contributed by atoms with Crippen LogP contribution in [0.2, 0.25) is 5.02 Å². The number of hydrogen-bond acceptors (Lipinski definition) is 5. The lowest BCUT2D eigenvalue weighted by atomic mass is 10.3. The maximum absolute atomic E-state index is 12.3. The largest absolute Gasteiger partial charge is 0.323 e. The molecule has 0 aliphatic carbocycles. The van der Waals surface area contributed by atoms with E-state index in [2.05, 4.69) is 30.9 Å². The summed E-state index contributed by atoms with van der Waals surface area (Å²) in [4.78, 5) is 16.5.